The van der Waals surface area contributed by atoms with Gasteiger partial charge < -0.3 is 9.73 Å². The number of amides is 1. The summed E-state index contributed by atoms with van der Waals surface area (Å²) in [6.45, 7) is -0.0479. The van der Waals surface area contributed by atoms with Crippen molar-refractivity contribution in [3.63, 3.8) is 0 Å². The molecule has 0 aliphatic heterocycles. The fourth-order valence-electron chi connectivity index (χ4n) is 2.61. The summed E-state index contributed by atoms with van der Waals surface area (Å²) in [6, 6.07) is 13.7. The van der Waals surface area contributed by atoms with Gasteiger partial charge in [-0.25, -0.2) is 13.1 Å². The fraction of sp³-hybridized carbons (Fsp3) is 0.150. The smallest absolute Gasteiger partial charge is 0.416 e. The zero-order valence-corrected chi connectivity index (χ0v) is 16.3. The second-order valence-electron chi connectivity index (χ2n) is 6.41. The number of nitrogens with one attached hydrogen (secondary N) is 2. The van der Waals surface area contributed by atoms with Gasteiger partial charge in [0.05, 0.1) is 17.6 Å². The molecule has 30 heavy (non-hydrogen) atoms. The summed E-state index contributed by atoms with van der Waals surface area (Å²) < 4.78 is 70.1. The number of halogens is 3. The van der Waals surface area contributed by atoms with E-state index < -0.39 is 33.4 Å². The van der Waals surface area contributed by atoms with E-state index in [2.05, 4.69) is 10.0 Å². The maximum atomic E-state index is 12.8. The number of anilines is 1. The third kappa shape index (κ3) is 5.94. The van der Waals surface area contributed by atoms with Crippen LogP contribution in [-0.2, 0) is 28.5 Å². The highest BCUT2D eigenvalue weighted by Gasteiger charge is 2.30. The third-order valence-electron chi connectivity index (χ3n) is 4.06. The molecule has 0 saturated heterocycles. The topological polar surface area (TPSA) is 88.4 Å². The van der Waals surface area contributed by atoms with E-state index in [4.69, 9.17) is 4.42 Å². The molecule has 0 aliphatic rings. The summed E-state index contributed by atoms with van der Waals surface area (Å²) in [5.74, 6) is -0.843. The van der Waals surface area contributed by atoms with Crippen molar-refractivity contribution >= 4 is 21.6 Å². The van der Waals surface area contributed by atoms with Crippen LogP contribution < -0.4 is 10.0 Å². The van der Waals surface area contributed by atoms with Gasteiger partial charge in [-0.05, 0) is 41.5 Å². The van der Waals surface area contributed by atoms with Crippen LogP contribution in [-0.4, -0.2) is 14.3 Å². The quantitative estimate of drug-likeness (QED) is 0.580. The number of carbonyl (C=O) groups excluding carboxylic acids is 1. The molecule has 0 fully saturated rings. The first-order chi connectivity index (χ1) is 14.1. The van der Waals surface area contributed by atoms with Gasteiger partial charge in [0.1, 0.15) is 0 Å². The molecule has 3 rings (SSSR count). The Morgan fingerprint density at radius 1 is 0.967 bits per heavy atom. The molecule has 0 bridgehead atoms. The molecule has 10 heteroatoms. The Kier molecular flexibility index (Phi) is 6.28. The highest BCUT2D eigenvalue weighted by Crippen LogP contribution is 2.29. The number of rotatable bonds is 7. The lowest BCUT2D eigenvalue weighted by Crippen LogP contribution is -2.24. The monoisotopic (exact) mass is 438 g/mol. The summed E-state index contributed by atoms with van der Waals surface area (Å²) in [6.07, 6.45) is -3.16. The molecule has 6 nitrogen and oxygen atoms in total. The minimum atomic E-state index is -4.54. The SMILES string of the molecule is O=C(Nc1ccc(CNS(=O)(=O)Cc2cccc(C(F)(F)F)c2)cc1)c1ccco1. The standard InChI is InChI=1S/C20H17F3N2O4S/c21-20(22,23)16-4-1-3-15(11-16)13-30(27,28)24-12-14-6-8-17(9-7-14)25-19(26)18-5-2-10-29-18/h1-11,24H,12-13H2,(H,25,26). The lowest BCUT2D eigenvalue weighted by atomic mass is 10.1. The number of sulfonamides is 1. The van der Waals surface area contributed by atoms with Crippen molar-refractivity contribution in [1.29, 1.82) is 0 Å². The van der Waals surface area contributed by atoms with E-state index in [0.29, 0.717) is 11.3 Å². The number of hydrogen-bond donors (Lipinski definition) is 2. The van der Waals surface area contributed by atoms with Crippen molar-refractivity contribution in [2.24, 2.45) is 0 Å². The predicted octanol–water partition coefficient (Wildman–Crippen LogP) is 4.17. The van der Waals surface area contributed by atoms with E-state index in [-0.39, 0.29) is 17.9 Å². The molecule has 0 radical (unpaired) electrons. The molecule has 1 aromatic heterocycles. The summed E-state index contributed by atoms with van der Waals surface area (Å²) in [5, 5.41) is 2.63. The minimum absolute atomic E-state index is 0.0355. The molecule has 158 valence electrons. The van der Waals surface area contributed by atoms with Crippen LogP contribution >= 0.6 is 0 Å². The lowest BCUT2D eigenvalue weighted by Gasteiger charge is -2.10. The Morgan fingerprint density at radius 2 is 1.70 bits per heavy atom. The normalized spacial score (nSPS) is 12.0. The van der Waals surface area contributed by atoms with E-state index in [1.807, 2.05) is 0 Å². The second-order valence-corrected chi connectivity index (χ2v) is 8.21. The van der Waals surface area contributed by atoms with Crippen molar-refractivity contribution < 1.29 is 30.8 Å². The van der Waals surface area contributed by atoms with Crippen LogP contribution in [0, 0.1) is 0 Å². The van der Waals surface area contributed by atoms with Crippen LogP contribution in [0.2, 0.25) is 0 Å². The van der Waals surface area contributed by atoms with E-state index in [9.17, 15) is 26.4 Å². The van der Waals surface area contributed by atoms with Gasteiger partial charge in [0.2, 0.25) is 10.0 Å². The number of furan rings is 1. The van der Waals surface area contributed by atoms with Gasteiger partial charge in [0.25, 0.3) is 5.91 Å². The number of carbonyl (C=O) groups is 1. The van der Waals surface area contributed by atoms with Gasteiger partial charge >= 0.3 is 6.18 Å². The number of alkyl halides is 3. The zero-order chi connectivity index (χ0) is 21.8. The maximum absolute atomic E-state index is 12.8. The Hall–Kier alpha value is -3.11. The summed E-state index contributed by atoms with van der Waals surface area (Å²) in [7, 11) is -3.85. The molecule has 1 amide bonds. The number of hydrogen-bond acceptors (Lipinski definition) is 4. The van der Waals surface area contributed by atoms with Crippen LogP contribution in [0.1, 0.15) is 27.2 Å². The zero-order valence-electron chi connectivity index (χ0n) is 15.4. The van der Waals surface area contributed by atoms with Crippen molar-refractivity contribution in [3.05, 3.63) is 89.4 Å². The molecular weight excluding hydrogens is 421 g/mol. The van der Waals surface area contributed by atoms with Gasteiger partial charge in [-0.15, -0.1) is 0 Å². The molecule has 0 aliphatic carbocycles. The predicted molar refractivity (Wildman–Crippen MR) is 104 cm³/mol. The Balaban J connectivity index is 1.57. The molecule has 2 N–H and O–H groups in total. The molecule has 1 heterocycles. The van der Waals surface area contributed by atoms with Crippen LogP contribution in [0.25, 0.3) is 0 Å². The Labute approximate surface area is 170 Å². The first-order valence-electron chi connectivity index (χ1n) is 8.70. The highest BCUT2D eigenvalue weighted by atomic mass is 32.2. The van der Waals surface area contributed by atoms with Crippen LogP contribution in [0.15, 0.2) is 71.3 Å². The Bertz CT molecular complexity index is 1110. The van der Waals surface area contributed by atoms with Gasteiger partial charge in [0.15, 0.2) is 5.76 Å². The highest BCUT2D eigenvalue weighted by molar-refractivity contribution is 7.88. The minimum Gasteiger partial charge on any atom is -0.459 e. The van der Waals surface area contributed by atoms with Gasteiger partial charge in [-0.2, -0.15) is 13.2 Å². The van der Waals surface area contributed by atoms with Crippen molar-refractivity contribution in [3.8, 4) is 0 Å². The van der Waals surface area contributed by atoms with Gasteiger partial charge in [-0.1, -0.05) is 30.3 Å². The average molecular weight is 438 g/mol. The maximum Gasteiger partial charge on any atom is 0.416 e. The van der Waals surface area contributed by atoms with Crippen molar-refractivity contribution in [2.45, 2.75) is 18.5 Å². The first-order valence-corrected chi connectivity index (χ1v) is 10.3. The summed E-state index contributed by atoms with van der Waals surface area (Å²) in [4.78, 5) is 11.9. The van der Waals surface area contributed by atoms with E-state index >= 15 is 0 Å². The molecule has 0 atom stereocenters. The van der Waals surface area contributed by atoms with Crippen molar-refractivity contribution in [1.82, 2.24) is 4.72 Å². The average Bonchev–Trinajstić information content (AvgIpc) is 3.22. The first kappa shape index (κ1) is 21.6. The molecular formula is C20H17F3N2O4S. The third-order valence-corrected chi connectivity index (χ3v) is 5.36. The molecule has 2 aromatic carbocycles. The molecule has 0 saturated carbocycles. The Morgan fingerprint density at radius 3 is 2.33 bits per heavy atom. The van der Waals surface area contributed by atoms with Crippen LogP contribution in [0.4, 0.5) is 18.9 Å². The van der Waals surface area contributed by atoms with Crippen LogP contribution in [0.3, 0.4) is 0 Å². The van der Waals surface area contributed by atoms with Gasteiger partial charge in [0, 0.05) is 12.2 Å². The number of benzene rings is 2. The molecule has 0 unspecified atom stereocenters. The van der Waals surface area contributed by atoms with E-state index in [1.54, 1.807) is 30.3 Å². The van der Waals surface area contributed by atoms with E-state index in [1.165, 1.54) is 24.5 Å². The fourth-order valence-corrected chi connectivity index (χ4v) is 3.71. The van der Waals surface area contributed by atoms with Crippen LogP contribution in [0.5, 0.6) is 0 Å². The van der Waals surface area contributed by atoms with E-state index in [0.717, 1.165) is 12.1 Å². The van der Waals surface area contributed by atoms with Crippen molar-refractivity contribution in [2.75, 3.05) is 5.32 Å². The summed E-state index contributed by atoms with van der Waals surface area (Å²) in [5.41, 5.74) is 0.237. The second kappa shape index (κ2) is 8.72. The molecule has 3 aromatic rings. The molecule has 0 spiro atoms. The summed E-state index contributed by atoms with van der Waals surface area (Å²) >= 11 is 0. The van der Waals surface area contributed by atoms with Gasteiger partial charge in [-0.3, -0.25) is 4.79 Å². The largest absolute Gasteiger partial charge is 0.459 e. The lowest BCUT2D eigenvalue weighted by molar-refractivity contribution is -0.137.